The van der Waals surface area contributed by atoms with Gasteiger partial charge in [-0.25, -0.2) is 4.98 Å². The van der Waals surface area contributed by atoms with Crippen molar-refractivity contribution in [1.29, 1.82) is 0 Å². The van der Waals surface area contributed by atoms with Crippen molar-refractivity contribution in [3.05, 3.63) is 16.1 Å². The summed E-state index contributed by atoms with van der Waals surface area (Å²) < 4.78 is 0. The van der Waals surface area contributed by atoms with Gasteiger partial charge in [0.05, 0.1) is 23.2 Å². The number of aromatic nitrogens is 1. The van der Waals surface area contributed by atoms with E-state index in [4.69, 9.17) is 0 Å². The highest BCUT2D eigenvalue weighted by Crippen LogP contribution is 2.31. The van der Waals surface area contributed by atoms with Gasteiger partial charge >= 0.3 is 0 Å². The second-order valence-corrected chi connectivity index (χ2v) is 6.21. The third-order valence-corrected chi connectivity index (χ3v) is 4.36. The summed E-state index contributed by atoms with van der Waals surface area (Å²) in [5.41, 5.74) is 1.05. The molecule has 1 saturated heterocycles. The number of rotatable bonds is 5. The number of hydrogen-bond acceptors (Lipinski definition) is 5. The molecule has 6 heteroatoms. The fourth-order valence-corrected chi connectivity index (χ4v) is 3.07. The summed E-state index contributed by atoms with van der Waals surface area (Å²) in [6.07, 6.45) is 3.06. The molecule has 2 heterocycles. The Kier molecular flexibility index (Phi) is 3.36. The predicted molar refractivity (Wildman–Crippen MR) is 71.8 cm³/mol. The maximum atomic E-state index is 12.1. The van der Waals surface area contributed by atoms with Crippen LogP contribution < -0.4 is 5.32 Å². The Labute approximate surface area is 116 Å². The lowest BCUT2D eigenvalue weighted by molar-refractivity contribution is -0.139. The van der Waals surface area contributed by atoms with Crippen molar-refractivity contribution < 1.29 is 9.59 Å². The minimum atomic E-state index is -0.326. The zero-order chi connectivity index (χ0) is 13.4. The average molecular weight is 279 g/mol. The molecule has 102 valence electrons. The highest BCUT2D eigenvalue weighted by atomic mass is 32.1. The van der Waals surface area contributed by atoms with Crippen LogP contribution in [0, 0.1) is 6.92 Å². The summed E-state index contributed by atoms with van der Waals surface area (Å²) in [5, 5.41) is 6.28. The standard InChI is InChI=1S/C13H17N3O2S/c1-8-15-9(7-19-8)4-5-14-11-6-12(17)16(13(11)18)10-2-3-10/h7,10-11,14H,2-6H2,1H3. The Balaban J connectivity index is 1.50. The van der Waals surface area contributed by atoms with Crippen LogP contribution in [0.15, 0.2) is 5.38 Å². The first-order chi connectivity index (χ1) is 9.15. The lowest BCUT2D eigenvalue weighted by Gasteiger charge is -2.14. The summed E-state index contributed by atoms with van der Waals surface area (Å²) in [5.74, 6) is -0.0588. The van der Waals surface area contributed by atoms with E-state index < -0.39 is 0 Å². The molecule has 19 heavy (non-hydrogen) atoms. The van der Waals surface area contributed by atoms with Crippen molar-refractivity contribution in [2.75, 3.05) is 6.54 Å². The summed E-state index contributed by atoms with van der Waals surface area (Å²) in [7, 11) is 0. The van der Waals surface area contributed by atoms with Crippen LogP contribution >= 0.6 is 11.3 Å². The lowest BCUT2D eigenvalue weighted by Crippen LogP contribution is -2.40. The smallest absolute Gasteiger partial charge is 0.247 e. The van der Waals surface area contributed by atoms with Crippen LogP contribution in [0.4, 0.5) is 0 Å². The lowest BCUT2D eigenvalue weighted by atomic mass is 10.2. The SMILES string of the molecule is Cc1nc(CCNC2CC(=O)N(C3CC3)C2=O)cs1. The predicted octanol–water partition coefficient (Wildman–Crippen LogP) is 0.874. The molecule has 1 atom stereocenters. The number of nitrogens with one attached hydrogen (secondary N) is 1. The molecule has 3 rings (SSSR count). The van der Waals surface area contributed by atoms with Crippen LogP contribution in [-0.2, 0) is 16.0 Å². The fourth-order valence-electron chi connectivity index (χ4n) is 2.42. The number of amides is 2. The van der Waals surface area contributed by atoms with Gasteiger partial charge in [0.15, 0.2) is 0 Å². The first-order valence-electron chi connectivity index (χ1n) is 6.65. The molecule has 0 aromatic carbocycles. The second kappa shape index (κ2) is 5.02. The molecule has 5 nitrogen and oxygen atoms in total. The molecular formula is C13H17N3O2S. The minimum Gasteiger partial charge on any atom is -0.305 e. The number of likely N-dealkylation sites (tertiary alicyclic amines) is 1. The first-order valence-corrected chi connectivity index (χ1v) is 7.53. The molecule has 1 aromatic rings. The van der Waals surface area contributed by atoms with E-state index in [0.717, 1.165) is 30.0 Å². The third-order valence-electron chi connectivity index (χ3n) is 3.53. The quantitative estimate of drug-likeness (QED) is 0.813. The Morgan fingerprint density at radius 3 is 2.89 bits per heavy atom. The van der Waals surface area contributed by atoms with Crippen LogP contribution in [0.3, 0.4) is 0 Å². The summed E-state index contributed by atoms with van der Waals surface area (Å²) >= 11 is 1.63. The molecule has 0 spiro atoms. The van der Waals surface area contributed by atoms with Crippen molar-refractivity contribution in [2.24, 2.45) is 0 Å². The van der Waals surface area contributed by atoms with E-state index >= 15 is 0 Å². The molecule has 2 amide bonds. The largest absolute Gasteiger partial charge is 0.305 e. The molecule has 1 aromatic heterocycles. The number of carbonyl (C=O) groups is 2. The highest BCUT2D eigenvalue weighted by molar-refractivity contribution is 7.09. The monoisotopic (exact) mass is 279 g/mol. The third kappa shape index (κ3) is 2.69. The minimum absolute atomic E-state index is 0.0190. The normalized spacial score (nSPS) is 23.4. The van der Waals surface area contributed by atoms with E-state index in [1.165, 1.54) is 4.90 Å². The van der Waals surface area contributed by atoms with Crippen LogP contribution in [0.5, 0.6) is 0 Å². The van der Waals surface area contributed by atoms with E-state index in [1.807, 2.05) is 12.3 Å². The van der Waals surface area contributed by atoms with E-state index in [-0.39, 0.29) is 23.9 Å². The van der Waals surface area contributed by atoms with E-state index in [2.05, 4.69) is 10.3 Å². The Hall–Kier alpha value is -1.27. The van der Waals surface area contributed by atoms with Gasteiger partial charge < -0.3 is 5.32 Å². The van der Waals surface area contributed by atoms with E-state index in [0.29, 0.717) is 13.0 Å². The molecule has 2 aliphatic rings. The number of nitrogens with zero attached hydrogens (tertiary/aromatic N) is 2. The number of thiazole rings is 1. The van der Waals surface area contributed by atoms with Crippen LogP contribution in [-0.4, -0.2) is 40.3 Å². The van der Waals surface area contributed by atoms with Gasteiger partial charge in [0.25, 0.3) is 0 Å². The fraction of sp³-hybridized carbons (Fsp3) is 0.615. The molecule has 1 unspecified atom stereocenters. The van der Waals surface area contributed by atoms with Crippen LogP contribution in [0.2, 0.25) is 0 Å². The summed E-state index contributed by atoms with van der Waals surface area (Å²) in [4.78, 5) is 29.7. The van der Waals surface area contributed by atoms with Gasteiger partial charge in [-0.15, -0.1) is 11.3 Å². The maximum absolute atomic E-state index is 12.1. The zero-order valence-electron chi connectivity index (χ0n) is 10.9. The molecule has 0 radical (unpaired) electrons. The maximum Gasteiger partial charge on any atom is 0.247 e. The molecule has 0 bridgehead atoms. The van der Waals surface area contributed by atoms with Gasteiger partial charge in [0.1, 0.15) is 0 Å². The van der Waals surface area contributed by atoms with Gasteiger partial charge in [-0.05, 0) is 19.8 Å². The molecule has 1 saturated carbocycles. The highest BCUT2D eigenvalue weighted by Gasteiger charge is 2.45. The van der Waals surface area contributed by atoms with Gasteiger partial charge in [-0.3, -0.25) is 14.5 Å². The second-order valence-electron chi connectivity index (χ2n) is 5.15. The molecule has 1 aliphatic heterocycles. The van der Waals surface area contributed by atoms with Crippen molar-refractivity contribution in [3.63, 3.8) is 0 Å². The molecule has 1 N–H and O–H groups in total. The molecular weight excluding hydrogens is 262 g/mol. The molecule has 2 fully saturated rings. The summed E-state index contributed by atoms with van der Waals surface area (Å²) in [6.45, 7) is 2.67. The number of imide groups is 1. The van der Waals surface area contributed by atoms with Crippen molar-refractivity contribution in [3.8, 4) is 0 Å². The first kappa shape index (κ1) is 12.7. The van der Waals surface area contributed by atoms with Gasteiger partial charge in [0, 0.05) is 24.4 Å². The topological polar surface area (TPSA) is 62.3 Å². The zero-order valence-corrected chi connectivity index (χ0v) is 11.7. The Morgan fingerprint density at radius 1 is 1.47 bits per heavy atom. The number of hydrogen-bond donors (Lipinski definition) is 1. The van der Waals surface area contributed by atoms with E-state index in [9.17, 15) is 9.59 Å². The van der Waals surface area contributed by atoms with Gasteiger partial charge in [-0.1, -0.05) is 0 Å². The molecule has 1 aliphatic carbocycles. The number of aryl methyl sites for hydroxylation is 1. The van der Waals surface area contributed by atoms with E-state index in [1.54, 1.807) is 11.3 Å². The van der Waals surface area contributed by atoms with Crippen LogP contribution in [0.25, 0.3) is 0 Å². The van der Waals surface area contributed by atoms with Crippen molar-refractivity contribution in [2.45, 2.75) is 44.7 Å². The average Bonchev–Trinajstić information content (AvgIpc) is 3.04. The number of carbonyl (C=O) groups excluding carboxylic acids is 2. The Morgan fingerprint density at radius 2 is 2.26 bits per heavy atom. The summed E-state index contributed by atoms with van der Waals surface area (Å²) in [6, 6.07) is -0.138. The van der Waals surface area contributed by atoms with Gasteiger partial charge in [-0.2, -0.15) is 0 Å². The van der Waals surface area contributed by atoms with Crippen molar-refractivity contribution >= 4 is 23.2 Å². The van der Waals surface area contributed by atoms with Crippen molar-refractivity contribution in [1.82, 2.24) is 15.2 Å². The Bertz CT molecular complexity index is 510. The van der Waals surface area contributed by atoms with Crippen LogP contribution in [0.1, 0.15) is 30.0 Å². The van der Waals surface area contributed by atoms with Gasteiger partial charge in [0.2, 0.25) is 11.8 Å².